The number of unbranched alkanes of at least 4 members (excludes halogenated alkanes) is 36. The van der Waals surface area contributed by atoms with Gasteiger partial charge in [0, 0.05) is 19.3 Å². The number of esters is 3. The van der Waals surface area contributed by atoms with Crippen LogP contribution in [0.25, 0.3) is 0 Å². The second-order valence-corrected chi connectivity index (χ2v) is 23.1. The summed E-state index contributed by atoms with van der Waals surface area (Å²) < 4.78 is 16.9. The average molecular weight is 1130 g/mol. The van der Waals surface area contributed by atoms with Crippen molar-refractivity contribution in [2.24, 2.45) is 0 Å². The molecule has 466 valence electrons. The molecule has 0 aromatic heterocycles. The van der Waals surface area contributed by atoms with E-state index in [1.54, 1.807) is 0 Å². The number of hydrogen-bond donors (Lipinski definition) is 0. The molecule has 0 fully saturated rings. The third-order valence-corrected chi connectivity index (χ3v) is 15.0. The van der Waals surface area contributed by atoms with Crippen molar-refractivity contribution in [3.8, 4) is 0 Å². The molecule has 6 heteroatoms. The number of carbonyl (C=O) groups excluding carboxylic acids is 3. The number of allylic oxidation sites excluding steroid dienone is 16. The minimum atomic E-state index is -0.781. The first-order valence-electron chi connectivity index (χ1n) is 34.7. The molecule has 0 bridgehead atoms. The van der Waals surface area contributed by atoms with Crippen LogP contribution >= 0.6 is 0 Å². The van der Waals surface area contributed by atoms with Crippen LogP contribution in [0, 0.1) is 0 Å². The number of rotatable bonds is 63. The summed E-state index contributed by atoms with van der Waals surface area (Å²) in [5.41, 5.74) is 0. The quantitative estimate of drug-likeness (QED) is 0.0261. The maximum atomic E-state index is 12.9. The molecule has 0 saturated heterocycles. The van der Waals surface area contributed by atoms with Crippen molar-refractivity contribution in [3.63, 3.8) is 0 Å². The first-order valence-corrected chi connectivity index (χ1v) is 34.7. The van der Waals surface area contributed by atoms with E-state index in [1.165, 1.54) is 199 Å². The van der Waals surface area contributed by atoms with Crippen molar-refractivity contribution in [2.75, 3.05) is 13.2 Å². The van der Waals surface area contributed by atoms with Crippen molar-refractivity contribution < 1.29 is 28.6 Å². The summed E-state index contributed by atoms with van der Waals surface area (Å²) in [6.07, 6.45) is 93.0. The second-order valence-electron chi connectivity index (χ2n) is 23.1. The van der Waals surface area contributed by atoms with Gasteiger partial charge in [-0.25, -0.2) is 0 Å². The minimum Gasteiger partial charge on any atom is -0.462 e. The molecule has 0 aliphatic rings. The zero-order chi connectivity index (χ0) is 58.5. The van der Waals surface area contributed by atoms with Crippen LogP contribution in [0.2, 0.25) is 0 Å². The lowest BCUT2D eigenvalue weighted by Crippen LogP contribution is -2.30. The largest absolute Gasteiger partial charge is 0.462 e. The fourth-order valence-corrected chi connectivity index (χ4v) is 9.84. The molecule has 1 atom stereocenters. The van der Waals surface area contributed by atoms with E-state index in [2.05, 4.69) is 118 Å². The van der Waals surface area contributed by atoms with E-state index in [0.717, 1.165) is 103 Å². The summed E-state index contributed by atoms with van der Waals surface area (Å²) >= 11 is 0. The Balaban J connectivity index is 4.12. The van der Waals surface area contributed by atoms with Gasteiger partial charge in [-0.3, -0.25) is 14.4 Å². The third kappa shape index (κ3) is 67.0. The first kappa shape index (κ1) is 77.3. The van der Waals surface area contributed by atoms with Gasteiger partial charge in [0.05, 0.1) is 0 Å². The van der Waals surface area contributed by atoms with Gasteiger partial charge in [-0.1, -0.05) is 304 Å². The van der Waals surface area contributed by atoms with Crippen molar-refractivity contribution >= 4 is 17.9 Å². The Kier molecular flexibility index (Phi) is 65.7. The Hall–Kier alpha value is -3.67. The molecular weight excluding hydrogens is 997 g/mol. The summed E-state index contributed by atoms with van der Waals surface area (Å²) in [5.74, 6) is -0.878. The van der Waals surface area contributed by atoms with Gasteiger partial charge in [0.25, 0.3) is 0 Å². The average Bonchev–Trinajstić information content (AvgIpc) is 3.47. The maximum Gasteiger partial charge on any atom is 0.306 e. The van der Waals surface area contributed by atoms with E-state index in [4.69, 9.17) is 14.2 Å². The van der Waals surface area contributed by atoms with Gasteiger partial charge < -0.3 is 14.2 Å². The molecule has 0 aliphatic heterocycles. The predicted octanol–water partition coefficient (Wildman–Crippen LogP) is 24.0. The lowest BCUT2D eigenvalue weighted by molar-refractivity contribution is -0.167. The molecule has 0 radical (unpaired) electrons. The summed E-state index contributed by atoms with van der Waals surface area (Å²) in [5, 5.41) is 0. The van der Waals surface area contributed by atoms with Gasteiger partial charge >= 0.3 is 17.9 Å². The molecule has 0 heterocycles. The Morgan fingerprint density at radius 2 is 0.494 bits per heavy atom. The predicted molar refractivity (Wildman–Crippen MR) is 353 cm³/mol. The maximum absolute atomic E-state index is 12.9. The van der Waals surface area contributed by atoms with Gasteiger partial charge in [-0.05, 0) is 116 Å². The summed E-state index contributed by atoms with van der Waals surface area (Å²) in [4.78, 5) is 38.3. The van der Waals surface area contributed by atoms with Gasteiger partial charge in [0.2, 0.25) is 0 Å². The van der Waals surface area contributed by atoms with Crippen LogP contribution in [0.15, 0.2) is 97.2 Å². The van der Waals surface area contributed by atoms with Gasteiger partial charge in [-0.15, -0.1) is 0 Å². The summed E-state index contributed by atoms with van der Waals surface area (Å²) in [7, 11) is 0. The number of carbonyl (C=O) groups is 3. The fraction of sp³-hybridized carbons (Fsp3) is 0.747. The molecule has 1 unspecified atom stereocenters. The molecule has 0 aliphatic carbocycles. The molecule has 0 N–H and O–H groups in total. The van der Waals surface area contributed by atoms with E-state index >= 15 is 0 Å². The summed E-state index contributed by atoms with van der Waals surface area (Å²) in [6.45, 7) is 6.51. The lowest BCUT2D eigenvalue weighted by atomic mass is 10.0. The molecule has 81 heavy (non-hydrogen) atoms. The van der Waals surface area contributed by atoms with E-state index < -0.39 is 6.10 Å². The Morgan fingerprint density at radius 3 is 0.802 bits per heavy atom. The monoisotopic (exact) mass is 1130 g/mol. The van der Waals surface area contributed by atoms with Crippen LogP contribution < -0.4 is 0 Å². The molecule has 0 saturated carbocycles. The first-order chi connectivity index (χ1) is 40.0. The van der Waals surface area contributed by atoms with Crippen LogP contribution in [0.1, 0.15) is 342 Å². The summed E-state index contributed by atoms with van der Waals surface area (Å²) in [6, 6.07) is 0. The zero-order valence-corrected chi connectivity index (χ0v) is 53.5. The van der Waals surface area contributed by atoms with Crippen LogP contribution in [0.5, 0.6) is 0 Å². The Labute approximate surface area is 502 Å². The van der Waals surface area contributed by atoms with E-state index in [-0.39, 0.29) is 31.1 Å². The highest BCUT2D eigenvalue weighted by Gasteiger charge is 2.19. The normalized spacial score (nSPS) is 12.7. The minimum absolute atomic E-state index is 0.0781. The molecule has 0 spiro atoms. The van der Waals surface area contributed by atoms with E-state index in [0.29, 0.717) is 19.3 Å². The van der Waals surface area contributed by atoms with E-state index in [1.807, 2.05) is 0 Å². The number of ether oxygens (including phenoxy) is 3. The van der Waals surface area contributed by atoms with Gasteiger partial charge in [0.1, 0.15) is 13.2 Å². The molecule has 0 rings (SSSR count). The van der Waals surface area contributed by atoms with Crippen molar-refractivity contribution in [2.45, 2.75) is 348 Å². The fourth-order valence-electron chi connectivity index (χ4n) is 9.84. The van der Waals surface area contributed by atoms with Crippen molar-refractivity contribution in [3.05, 3.63) is 97.2 Å². The zero-order valence-electron chi connectivity index (χ0n) is 53.5. The van der Waals surface area contributed by atoms with Gasteiger partial charge in [0.15, 0.2) is 6.10 Å². The molecule has 0 amide bonds. The Morgan fingerprint density at radius 1 is 0.259 bits per heavy atom. The SMILES string of the molecule is CC/C=C\C/C=C\C/C=C\C/C=C\C/C=C\C/C=C\CCCCCCCCCCCCCCCCCCC(=O)OCC(COC(=O)CCCCCCC/C=C\CCCC)OC(=O)CCCCCCCCC/C=C\CCCCCCCC. The highest BCUT2D eigenvalue weighted by atomic mass is 16.6. The Bertz CT molecular complexity index is 1580. The molecule has 0 aromatic carbocycles. The highest BCUT2D eigenvalue weighted by molar-refractivity contribution is 5.71. The van der Waals surface area contributed by atoms with Crippen LogP contribution in [-0.4, -0.2) is 37.2 Å². The van der Waals surface area contributed by atoms with Crippen molar-refractivity contribution in [1.29, 1.82) is 0 Å². The molecule has 6 nitrogen and oxygen atoms in total. The van der Waals surface area contributed by atoms with Crippen molar-refractivity contribution in [1.82, 2.24) is 0 Å². The van der Waals surface area contributed by atoms with Crippen LogP contribution in [-0.2, 0) is 28.6 Å². The topological polar surface area (TPSA) is 78.9 Å². The lowest BCUT2D eigenvalue weighted by Gasteiger charge is -2.18. The van der Waals surface area contributed by atoms with Crippen LogP contribution in [0.4, 0.5) is 0 Å². The standard InChI is InChI=1S/C75H130O6/c1-4-7-10-13-16-19-22-24-26-28-29-30-31-32-33-34-35-36-37-38-39-40-41-42-43-44-45-47-48-50-53-56-59-62-65-68-74(77)80-71-72(70-79-73(76)67-64-61-58-55-52-21-18-15-12-9-6-3)81-75(78)69-66-63-60-57-54-51-49-46-27-25-23-20-17-14-11-8-5-2/h7,10,15-16,18-19,24-27,29-30,32-33,35-36,72H,4-6,8-9,11-14,17,20-23,28,31,34,37-71H2,1-3H3/b10-7-,18-15-,19-16-,26-24-,27-25-,30-29-,33-32-,36-35-. The van der Waals surface area contributed by atoms with Gasteiger partial charge in [-0.2, -0.15) is 0 Å². The van der Waals surface area contributed by atoms with Crippen LogP contribution in [0.3, 0.4) is 0 Å². The highest BCUT2D eigenvalue weighted by Crippen LogP contribution is 2.17. The smallest absolute Gasteiger partial charge is 0.306 e. The molecule has 0 aromatic rings. The third-order valence-electron chi connectivity index (χ3n) is 15.0. The van der Waals surface area contributed by atoms with E-state index in [9.17, 15) is 14.4 Å². The number of hydrogen-bond acceptors (Lipinski definition) is 6. The molecular formula is C75H130O6. The second kappa shape index (κ2) is 68.8.